The maximum absolute atomic E-state index is 5.41. The molecule has 0 atom stereocenters. The Morgan fingerprint density at radius 3 is 2.64 bits per heavy atom. The molecule has 1 aliphatic carbocycles. The average Bonchev–Trinajstić information content (AvgIpc) is 2.61. The van der Waals surface area contributed by atoms with Gasteiger partial charge in [-0.1, -0.05) is 30.6 Å². The number of hydrogen-bond acceptors (Lipinski definition) is 4. The molecule has 0 saturated heterocycles. The van der Waals surface area contributed by atoms with Crippen LogP contribution in [0.5, 0.6) is 0 Å². The van der Waals surface area contributed by atoms with Gasteiger partial charge in [0.1, 0.15) is 5.00 Å². The van der Waals surface area contributed by atoms with Crippen molar-refractivity contribution < 1.29 is 0 Å². The Morgan fingerprint density at radius 2 is 2.07 bits per heavy atom. The van der Waals surface area contributed by atoms with Crippen molar-refractivity contribution in [2.45, 2.75) is 44.9 Å². The van der Waals surface area contributed by atoms with Crippen LogP contribution >= 0.6 is 11.3 Å². The van der Waals surface area contributed by atoms with E-state index < -0.39 is 0 Å². The Hall–Kier alpha value is -0.610. The quantitative estimate of drug-likeness (QED) is 0.584. The van der Waals surface area contributed by atoms with Crippen molar-refractivity contribution in [3.8, 4) is 0 Å². The number of hydrogen-bond donors (Lipinski definition) is 2. The van der Waals surface area contributed by atoms with Crippen LogP contribution in [0.25, 0.3) is 0 Å². The molecule has 2 rings (SSSR count). The van der Waals surface area contributed by atoms with E-state index >= 15 is 0 Å². The number of nitrogens with zero attached hydrogens (tertiary/aromatic N) is 1. The van der Waals surface area contributed by atoms with Crippen LogP contribution in [-0.4, -0.2) is 4.98 Å². The minimum atomic E-state index is 0.689. The van der Waals surface area contributed by atoms with E-state index in [0.717, 1.165) is 10.7 Å². The van der Waals surface area contributed by atoms with Crippen molar-refractivity contribution in [1.82, 2.24) is 4.98 Å². The molecule has 0 unspecified atom stereocenters. The van der Waals surface area contributed by atoms with Crippen molar-refractivity contribution in [3.63, 3.8) is 0 Å². The van der Waals surface area contributed by atoms with Crippen LogP contribution in [0.1, 0.15) is 48.7 Å². The van der Waals surface area contributed by atoms with E-state index in [1.807, 2.05) is 6.92 Å². The summed E-state index contributed by atoms with van der Waals surface area (Å²) in [5.41, 5.74) is 3.75. The first kappa shape index (κ1) is 9.93. The fourth-order valence-corrected chi connectivity index (χ4v) is 3.12. The van der Waals surface area contributed by atoms with Crippen molar-refractivity contribution in [2.75, 3.05) is 5.43 Å². The number of nitrogens with one attached hydrogen (secondary N) is 1. The highest BCUT2D eigenvalue weighted by atomic mass is 32.1. The molecule has 1 fully saturated rings. The first-order valence-electron chi connectivity index (χ1n) is 5.25. The van der Waals surface area contributed by atoms with Gasteiger partial charge in [-0.2, -0.15) is 0 Å². The first-order chi connectivity index (χ1) is 6.81. The summed E-state index contributed by atoms with van der Waals surface area (Å²) in [6.07, 6.45) is 6.71. The van der Waals surface area contributed by atoms with Crippen LogP contribution < -0.4 is 11.3 Å². The summed E-state index contributed by atoms with van der Waals surface area (Å²) in [6, 6.07) is 0. The van der Waals surface area contributed by atoms with Crippen molar-refractivity contribution in [1.29, 1.82) is 0 Å². The van der Waals surface area contributed by atoms with Crippen LogP contribution in [0, 0.1) is 6.92 Å². The molecule has 1 aromatic rings. The third-order valence-electron chi connectivity index (χ3n) is 2.90. The zero-order valence-corrected chi connectivity index (χ0v) is 9.36. The number of hydrazine groups is 1. The summed E-state index contributed by atoms with van der Waals surface area (Å²) in [5, 5.41) is 2.29. The van der Waals surface area contributed by atoms with Gasteiger partial charge in [0.05, 0.1) is 10.7 Å². The maximum atomic E-state index is 5.41. The number of thiazole rings is 1. The lowest BCUT2D eigenvalue weighted by atomic mass is 9.90. The van der Waals surface area contributed by atoms with Crippen LogP contribution in [0.2, 0.25) is 0 Å². The highest BCUT2D eigenvalue weighted by Gasteiger charge is 2.19. The number of rotatable bonds is 2. The smallest absolute Gasteiger partial charge is 0.126 e. The van der Waals surface area contributed by atoms with Gasteiger partial charge in [0.25, 0.3) is 0 Å². The van der Waals surface area contributed by atoms with Crippen molar-refractivity contribution in [3.05, 3.63) is 10.7 Å². The Labute approximate surface area is 88.7 Å². The van der Waals surface area contributed by atoms with Crippen LogP contribution in [0.15, 0.2) is 0 Å². The Morgan fingerprint density at radius 1 is 1.36 bits per heavy atom. The zero-order chi connectivity index (χ0) is 9.97. The van der Waals surface area contributed by atoms with Gasteiger partial charge in [-0.05, 0) is 19.8 Å². The Kier molecular flexibility index (Phi) is 3.03. The maximum Gasteiger partial charge on any atom is 0.126 e. The van der Waals surface area contributed by atoms with Gasteiger partial charge in [-0.15, -0.1) is 0 Å². The molecule has 0 spiro atoms. The lowest BCUT2D eigenvalue weighted by molar-refractivity contribution is 0.442. The molecule has 4 heteroatoms. The van der Waals surface area contributed by atoms with Gasteiger partial charge in [0.15, 0.2) is 0 Å². The van der Waals surface area contributed by atoms with Gasteiger partial charge < -0.3 is 5.43 Å². The van der Waals surface area contributed by atoms with Crippen LogP contribution in [0.4, 0.5) is 5.00 Å². The number of nitrogens with two attached hydrogens (primary N) is 1. The first-order valence-corrected chi connectivity index (χ1v) is 6.07. The van der Waals surface area contributed by atoms with E-state index in [1.165, 1.54) is 37.1 Å². The molecular weight excluding hydrogens is 194 g/mol. The number of nitrogen functional groups attached to an aromatic ring is 1. The summed E-state index contributed by atoms with van der Waals surface area (Å²) >= 11 is 1.72. The third-order valence-corrected chi connectivity index (χ3v) is 4.15. The van der Waals surface area contributed by atoms with E-state index in [0.29, 0.717) is 5.92 Å². The minimum Gasteiger partial charge on any atom is -0.314 e. The third kappa shape index (κ3) is 1.91. The molecular formula is C10H17N3S. The molecule has 14 heavy (non-hydrogen) atoms. The topological polar surface area (TPSA) is 50.9 Å². The summed E-state index contributed by atoms with van der Waals surface area (Å²) < 4.78 is 0. The van der Waals surface area contributed by atoms with E-state index in [9.17, 15) is 0 Å². The normalized spacial score (nSPS) is 18.4. The van der Waals surface area contributed by atoms with E-state index in [2.05, 4.69) is 10.4 Å². The zero-order valence-electron chi connectivity index (χ0n) is 8.55. The second kappa shape index (κ2) is 4.28. The summed E-state index contributed by atoms with van der Waals surface area (Å²) in [6.45, 7) is 2.01. The second-order valence-electron chi connectivity index (χ2n) is 3.95. The molecule has 0 radical (unpaired) electrons. The number of aromatic nitrogens is 1. The average molecular weight is 211 g/mol. The number of anilines is 1. The minimum absolute atomic E-state index is 0.689. The highest BCUT2D eigenvalue weighted by Crippen LogP contribution is 2.37. The monoisotopic (exact) mass is 211 g/mol. The molecule has 78 valence electrons. The fourth-order valence-electron chi connectivity index (χ4n) is 2.08. The number of aryl methyl sites for hydroxylation is 1. The van der Waals surface area contributed by atoms with Gasteiger partial charge in [0.2, 0.25) is 0 Å². The molecule has 1 saturated carbocycles. The standard InChI is InChI=1S/C10H17N3S/c1-7-9(13-11)14-10(12-7)8-5-3-2-4-6-8/h8,13H,2-6,11H2,1H3. The summed E-state index contributed by atoms with van der Waals surface area (Å²) in [5.74, 6) is 6.10. The van der Waals surface area contributed by atoms with Gasteiger partial charge in [-0.3, -0.25) is 0 Å². The lowest BCUT2D eigenvalue weighted by Crippen LogP contribution is -2.05. The van der Waals surface area contributed by atoms with E-state index in [4.69, 9.17) is 5.84 Å². The lowest BCUT2D eigenvalue weighted by Gasteiger charge is -2.18. The predicted molar refractivity (Wildman–Crippen MR) is 60.5 cm³/mol. The molecule has 0 amide bonds. The van der Waals surface area contributed by atoms with E-state index in [1.54, 1.807) is 11.3 Å². The van der Waals surface area contributed by atoms with Gasteiger partial charge in [-0.25, -0.2) is 10.8 Å². The molecule has 1 heterocycles. The molecule has 3 nitrogen and oxygen atoms in total. The molecule has 1 aliphatic rings. The van der Waals surface area contributed by atoms with Crippen molar-refractivity contribution >= 4 is 16.3 Å². The van der Waals surface area contributed by atoms with Crippen LogP contribution in [-0.2, 0) is 0 Å². The molecule has 1 aromatic heterocycles. The largest absolute Gasteiger partial charge is 0.314 e. The predicted octanol–water partition coefficient (Wildman–Crippen LogP) is 2.78. The van der Waals surface area contributed by atoms with Crippen molar-refractivity contribution in [2.24, 2.45) is 5.84 Å². The van der Waals surface area contributed by atoms with E-state index in [-0.39, 0.29) is 0 Å². The SMILES string of the molecule is Cc1nc(C2CCCCC2)sc1NN. The van der Waals surface area contributed by atoms with Crippen LogP contribution in [0.3, 0.4) is 0 Å². The Bertz CT molecular complexity index is 302. The molecule has 0 aliphatic heterocycles. The molecule has 0 aromatic carbocycles. The molecule has 3 N–H and O–H groups in total. The summed E-state index contributed by atoms with van der Waals surface area (Å²) in [7, 11) is 0. The summed E-state index contributed by atoms with van der Waals surface area (Å²) in [4.78, 5) is 4.58. The molecule has 0 bridgehead atoms. The Balaban J connectivity index is 2.14. The highest BCUT2D eigenvalue weighted by molar-refractivity contribution is 7.15. The second-order valence-corrected chi connectivity index (χ2v) is 4.98. The van der Waals surface area contributed by atoms with Gasteiger partial charge >= 0.3 is 0 Å². The fraction of sp³-hybridized carbons (Fsp3) is 0.700. The van der Waals surface area contributed by atoms with Gasteiger partial charge in [0, 0.05) is 5.92 Å².